The van der Waals surface area contributed by atoms with E-state index in [9.17, 15) is 14.4 Å². The van der Waals surface area contributed by atoms with Gasteiger partial charge in [-0.05, 0) is 19.8 Å². The third-order valence-electron chi connectivity index (χ3n) is 3.30. The standard InChI is InChI=1S/C14H20O6/c1-9(2)13(17)19-7-8-20-14(18)11-6-4-3-5-10(11)12(15)16/h10-11H,1,3-8H2,2H3,(H,15,16). The summed E-state index contributed by atoms with van der Waals surface area (Å²) in [6.45, 7) is 4.82. The molecule has 1 aliphatic rings. The van der Waals surface area contributed by atoms with E-state index >= 15 is 0 Å². The van der Waals surface area contributed by atoms with Gasteiger partial charge in [-0.1, -0.05) is 19.4 Å². The van der Waals surface area contributed by atoms with Crippen LogP contribution in [0.2, 0.25) is 0 Å². The Labute approximate surface area is 117 Å². The van der Waals surface area contributed by atoms with Crippen LogP contribution in [-0.2, 0) is 23.9 Å². The Bertz CT molecular complexity index is 400. The molecule has 0 aliphatic heterocycles. The lowest BCUT2D eigenvalue weighted by Gasteiger charge is -2.26. The molecule has 6 nitrogen and oxygen atoms in total. The highest BCUT2D eigenvalue weighted by molar-refractivity contribution is 5.87. The fourth-order valence-corrected chi connectivity index (χ4v) is 2.22. The van der Waals surface area contributed by atoms with Gasteiger partial charge < -0.3 is 14.6 Å². The second-order valence-electron chi connectivity index (χ2n) is 4.92. The number of ether oxygens (including phenoxy) is 2. The number of esters is 2. The number of hydrogen-bond donors (Lipinski definition) is 1. The van der Waals surface area contributed by atoms with Crippen molar-refractivity contribution in [1.29, 1.82) is 0 Å². The van der Waals surface area contributed by atoms with Crippen molar-refractivity contribution in [3.8, 4) is 0 Å². The highest BCUT2D eigenvalue weighted by Gasteiger charge is 2.36. The highest BCUT2D eigenvalue weighted by atomic mass is 16.6. The lowest BCUT2D eigenvalue weighted by atomic mass is 9.79. The molecule has 0 aromatic rings. The lowest BCUT2D eigenvalue weighted by molar-refractivity contribution is -0.161. The van der Waals surface area contributed by atoms with E-state index in [-0.39, 0.29) is 18.8 Å². The summed E-state index contributed by atoms with van der Waals surface area (Å²) in [5.74, 6) is -3.29. The summed E-state index contributed by atoms with van der Waals surface area (Å²) in [6, 6.07) is 0. The zero-order chi connectivity index (χ0) is 15.1. The van der Waals surface area contributed by atoms with Gasteiger partial charge in [0.2, 0.25) is 0 Å². The number of hydrogen-bond acceptors (Lipinski definition) is 5. The third-order valence-corrected chi connectivity index (χ3v) is 3.30. The second kappa shape index (κ2) is 7.67. The Kier molecular flexibility index (Phi) is 6.21. The Morgan fingerprint density at radius 3 is 2.20 bits per heavy atom. The Morgan fingerprint density at radius 1 is 1.10 bits per heavy atom. The molecule has 0 heterocycles. The Balaban J connectivity index is 2.36. The largest absolute Gasteiger partial charge is 0.481 e. The van der Waals surface area contributed by atoms with Gasteiger partial charge in [-0.15, -0.1) is 0 Å². The van der Waals surface area contributed by atoms with Gasteiger partial charge in [0.25, 0.3) is 0 Å². The summed E-state index contributed by atoms with van der Waals surface area (Å²) in [6.07, 6.45) is 2.67. The van der Waals surface area contributed by atoms with E-state index in [1.807, 2.05) is 0 Å². The first-order valence-corrected chi connectivity index (χ1v) is 6.65. The highest BCUT2D eigenvalue weighted by Crippen LogP contribution is 2.31. The van der Waals surface area contributed by atoms with Crippen molar-refractivity contribution in [3.63, 3.8) is 0 Å². The summed E-state index contributed by atoms with van der Waals surface area (Å²) in [7, 11) is 0. The molecule has 0 aromatic carbocycles. The molecule has 112 valence electrons. The predicted octanol–water partition coefficient (Wildman–Crippen LogP) is 1.54. The van der Waals surface area contributed by atoms with Crippen LogP contribution in [0.1, 0.15) is 32.6 Å². The first kappa shape index (κ1) is 16.2. The monoisotopic (exact) mass is 284 g/mol. The average molecular weight is 284 g/mol. The molecule has 0 aromatic heterocycles. The summed E-state index contributed by atoms with van der Waals surface area (Å²) in [5.41, 5.74) is 0.273. The molecule has 0 amide bonds. The van der Waals surface area contributed by atoms with Crippen LogP contribution in [0.25, 0.3) is 0 Å². The quantitative estimate of drug-likeness (QED) is 0.452. The molecule has 1 N–H and O–H groups in total. The number of rotatable bonds is 6. The summed E-state index contributed by atoms with van der Waals surface area (Å²) < 4.78 is 9.77. The van der Waals surface area contributed by atoms with Gasteiger partial charge in [-0.3, -0.25) is 9.59 Å². The van der Waals surface area contributed by atoms with Crippen LogP contribution in [0.15, 0.2) is 12.2 Å². The number of carboxylic acid groups (broad SMARTS) is 1. The van der Waals surface area contributed by atoms with Crippen LogP contribution in [0.4, 0.5) is 0 Å². The minimum Gasteiger partial charge on any atom is -0.481 e. The number of carboxylic acids is 1. The molecule has 0 saturated heterocycles. The fourth-order valence-electron chi connectivity index (χ4n) is 2.22. The lowest BCUT2D eigenvalue weighted by Crippen LogP contribution is -2.34. The minimum atomic E-state index is -0.958. The van der Waals surface area contributed by atoms with Gasteiger partial charge in [0.1, 0.15) is 13.2 Å². The Hall–Kier alpha value is -1.85. The molecule has 1 saturated carbocycles. The van der Waals surface area contributed by atoms with Crippen LogP contribution in [-0.4, -0.2) is 36.2 Å². The third kappa shape index (κ3) is 4.68. The molecular formula is C14H20O6. The molecule has 1 aliphatic carbocycles. The molecule has 2 unspecified atom stereocenters. The second-order valence-corrected chi connectivity index (χ2v) is 4.92. The minimum absolute atomic E-state index is 0.0537. The predicted molar refractivity (Wildman–Crippen MR) is 69.8 cm³/mol. The van der Waals surface area contributed by atoms with E-state index in [2.05, 4.69) is 6.58 Å². The van der Waals surface area contributed by atoms with E-state index in [1.54, 1.807) is 0 Å². The van der Waals surface area contributed by atoms with Gasteiger partial charge in [-0.25, -0.2) is 4.79 Å². The smallest absolute Gasteiger partial charge is 0.333 e. The van der Waals surface area contributed by atoms with E-state index in [0.29, 0.717) is 12.8 Å². The molecule has 1 fully saturated rings. The van der Waals surface area contributed by atoms with E-state index in [1.165, 1.54) is 6.92 Å². The number of carbonyl (C=O) groups excluding carboxylic acids is 2. The number of aliphatic carboxylic acids is 1. The first-order valence-electron chi connectivity index (χ1n) is 6.65. The van der Waals surface area contributed by atoms with Crippen molar-refractivity contribution >= 4 is 17.9 Å². The van der Waals surface area contributed by atoms with E-state index < -0.39 is 29.7 Å². The average Bonchev–Trinajstić information content (AvgIpc) is 2.42. The van der Waals surface area contributed by atoms with Crippen LogP contribution >= 0.6 is 0 Å². The van der Waals surface area contributed by atoms with Crippen LogP contribution in [0.3, 0.4) is 0 Å². The SMILES string of the molecule is C=C(C)C(=O)OCCOC(=O)C1CCCCC1C(=O)O. The molecular weight excluding hydrogens is 264 g/mol. The summed E-state index contributed by atoms with van der Waals surface area (Å²) in [4.78, 5) is 34.0. The molecule has 0 spiro atoms. The van der Waals surface area contributed by atoms with Gasteiger partial charge in [0.05, 0.1) is 11.8 Å². The van der Waals surface area contributed by atoms with Crippen molar-refractivity contribution in [2.75, 3.05) is 13.2 Å². The maximum atomic E-state index is 11.8. The zero-order valence-corrected chi connectivity index (χ0v) is 11.6. The molecule has 20 heavy (non-hydrogen) atoms. The normalized spacial score (nSPS) is 21.9. The maximum Gasteiger partial charge on any atom is 0.333 e. The zero-order valence-electron chi connectivity index (χ0n) is 11.6. The van der Waals surface area contributed by atoms with Crippen LogP contribution in [0, 0.1) is 11.8 Å². The maximum absolute atomic E-state index is 11.8. The molecule has 2 atom stereocenters. The number of carbonyl (C=O) groups is 3. The van der Waals surface area contributed by atoms with E-state index in [4.69, 9.17) is 14.6 Å². The van der Waals surface area contributed by atoms with Gasteiger partial charge in [-0.2, -0.15) is 0 Å². The summed E-state index contributed by atoms with van der Waals surface area (Å²) in [5, 5.41) is 9.08. The van der Waals surface area contributed by atoms with E-state index in [0.717, 1.165) is 12.8 Å². The van der Waals surface area contributed by atoms with Gasteiger partial charge in [0.15, 0.2) is 0 Å². The molecule has 6 heteroatoms. The topological polar surface area (TPSA) is 89.9 Å². The fraction of sp³-hybridized carbons (Fsp3) is 0.643. The van der Waals surface area contributed by atoms with Crippen molar-refractivity contribution in [2.24, 2.45) is 11.8 Å². The first-order chi connectivity index (χ1) is 9.43. The van der Waals surface area contributed by atoms with Crippen molar-refractivity contribution in [3.05, 3.63) is 12.2 Å². The molecule has 0 bridgehead atoms. The van der Waals surface area contributed by atoms with Crippen molar-refractivity contribution in [1.82, 2.24) is 0 Å². The van der Waals surface area contributed by atoms with Gasteiger partial charge >= 0.3 is 17.9 Å². The van der Waals surface area contributed by atoms with Gasteiger partial charge in [0, 0.05) is 5.57 Å². The van der Waals surface area contributed by atoms with Crippen LogP contribution < -0.4 is 0 Å². The van der Waals surface area contributed by atoms with Crippen LogP contribution in [0.5, 0.6) is 0 Å². The Morgan fingerprint density at radius 2 is 1.65 bits per heavy atom. The van der Waals surface area contributed by atoms with Crippen molar-refractivity contribution < 1.29 is 29.0 Å². The summed E-state index contributed by atoms with van der Waals surface area (Å²) >= 11 is 0. The van der Waals surface area contributed by atoms with Crippen molar-refractivity contribution in [2.45, 2.75) is 32.6 Å². The molecule has 0 radical (unpaired) electrons. The molecule has 1 rings (SSSR count).